The van der Waals surface area contributed by atoms with Crippen LogP contribution in [0, 0.1) is 27.7 Å². The molecule has 166 valence electrons. The average Bonchev–Trinajstić information content (AvgIpc) is 2.72. The number of sulfone groups is 1. The molecule has 29 heavy (non-hydrogen) atoms. The minimum absolute atomic E-state index is 0.232. The van der Waals surface area contributed by atoms with Crippen LogP contribution in [0.4, 0.5) is 0 Å². The van der Waals surface area contributed by atoms with Crippen molar-refractivity contribution in [1.82, 2.24) is 0 Å². The fraction of sp³-hybridized carbons (Fsp3) is 0.417. The number of benzene rings is 2. The Hall–Kier alpha value is -1.17. The molecule has 0 saturated carbocycles. The van der Waals surface area contributed by atoms with E-state index in [9.17, 15) is 8.42 Å². The number of hydrogen-bond donors (Lipinski definition) is 2. The van der Waals surface area contributed by atoms with Crippen LogP contribution in [0.5, 0.6) is 0 Å². The molecule has 0 atom stereocenters. The fourth-order valence-electron chi connectivity index (χ4n) is 2.08. The summed E-state index contributed by atoms with van der Waals surface area (Å²) in [6, 6.07) is 11.2. The Morgan fingerprint density at radius 1 is 0.828 bits per heavy atom. The van der Waals surface area contributed by atoms with Crippen LogP contribution in [0.2, 0.25) is 0 Å². The fourth-order valence-corrected chi connectivity index (χ4v) is 3.66. The van der Waals surface area contributed by atoms with E-state index in [4.69, 9.17) is 0 Å². The summed E-state index contributed by atoms with van der Waals surface area (Å²) in [7, 11) is -3.03. The van der Waals surface area contributed by atoms with Gasteiger partial charge in [0.25, 0.3) is 0 Å². The summed E-state index contributed by atoms with van der Waals surface area (Å²) < 4.78 is 23.1. The molecule has 0 unspecified atom stereocenters. The zero-order valence-corrected chi connectivity index (χ0v) is 22.0. The standard InChI is InChI=1S/C10H14O2S.C9H12S.C2H6.C2H4.CH4S/c1-3-8-13(11,12)10-6-4-9(2)5-7-10;1-6-4-8(3)9(10)5-7(6)2;3*1-2/h4-7H,3,8H2,1-2H3;4-5,10H,1-3H3;1-2H3;1-2H2;2H,1H3. The lowest BCUT2D eigenvalue weighted by Crippen LogP contribution is -2.05. The van der Waals surface area contributed by atoms with Gasteiger partial charge in [0.2, 0.25) is 0 Å². The Morgan fingerprint density at radius 2 is 1.24 bits per heavy atom. The zero-order valence-electron chi connectivity index (χ0n) is 19.4. The SMILES string of the molecule is C=C.CC.CCCS(=O)(=O)c1ccc(C)cc1.CS.Cc1cc(C)c(S)cc1C. The molecule has 0 heterocycles. The van der Waals surface area contributed by atoms with Gasteiger partial charge in [0.15, 0.2) is 9.84 Å². The normalized spacial score (nSPS) is 9.17. The van der Waals surface area contributed by atoms with Gasteiger partial charge in [-0.2, -0.15) is 12.6 Å². The van der Waals surface area contributed by atoms with Crippen molar-refractivity contribution in [3.05, 3.63) is 71.8 Å². The summed E-state index contributed by atoms with van der Waals surface area (Å²) in [5.74, 6) is 0.232. The van der Waals surface area contributed by atoms with Gasteiger partial charge in [0, 0.05) is 4.90 Å². The summed E-state index contributed by atoms with van der Waals surface area (Å²) in [6.45, 7) is 20.1. The molecule has 0 N–H and O–H groups in total. The second kappa shape index (κ2) is 18.8. The molecule has 0 bridgehead atoms. The number of rotatable bonds is 3. The molecule has 5 heteroatoms. The molecule has 0 aliphatic carbocycles. The monoisotopic (exact) mass is 456 g/mol. The molecule has 0 radical (unpaired) electrons. The highest BCUT2D eigenvalue weighted by atomic mass is 32.2. The lowest BCUT2D eigenvalue weighted by Gasteiger charge is -2.03. The number of thiol groups is 2. The first-order chi connectivity index (χ1) is 13.7. The maximum absolute atomic E-state index is 11.5. The minimum atomic E-state index is -3.03. The Kier molecular flexibility index (Phi) is 21.1. The van der Waals surface area contributed by atoms with Crippen LogP contribution in [-0.2, 0) is 9.84 Å². The highest BCUT2D eigenvalue weighted by molar-refractivity contribution is 7.91. The lowest BCUT2D eigenvalue weighted by molar-refractivity contribution is 0.594. The van der Waals surface area contributed by atoms with Gasteiger partial charge in [-0.3, -0.25) is 0 Å². The molecule has 0 fully saturated rings. The van der Waals surface area contributed by atoms with E-state index in [1.54, 1.807) is 18.4 Å². The van der Waals surface area contributed by atoms with Gasteiger partial charge in [-0.05, 0) is 75.3 Å². The molecule has 2 rings (SSSR count). The van der Waals surface area contributed by atoms with Gasteiger partial charge in [0.05, 0.1) is 10.6 Å². The Balaban J connectivity index is -0.000000377. The van der Waals surface area contributed by atoms with Crippen molar-refractivity contribution in [2.45, 2.75) is 64.7 Å². The van der Waals surface area contributed by atoms with Gasteiger partial charge in [-0.15, -0.1) is 25.8 Å². The van der Waals surface area contributed by atoms with Crippen LogP contribution in [0.3, 0.4) is 0 Å². The summed E-state index contributed by atoms with van der Waals surface area (Å²) in [5.41, 5.74) is 4.99. The summed E-state index contributed by atoms with van der Waals surface area (Å²) in [4.78, 5) is 1.52. The van der Waals surface area contributed by atoms with E-state index >= 15 is 0 Å². The van der Waals surface area contributed by atoms with E-state index in [0.29, 0.717) is 11.3 Å². The molecule has 2 nitrogen and oxygen atoms in total. The van der Waals surface area contributed by atoms with Crippen molar-refractivity contribution in [3.8, 4) is 0 Å². The quantitative estimate of drug-likeness (QED) is 0.371. The minimum Gasteiger partial charge on any atom is -0.224 e. The molecule has 0 saturated heterocycles. The van der Waals surface area contributed by atoms with Crippen molar-refractivity contribution < 1.29 is 8.42 Å². The van der Waals surface area contributed by atoms with Gasteiger partial charge in [0.1, 0.15) is 0 Å². The zero-order chi connectivity index (χ0) is 23.6. The lowest BCUT2D eigenvalue weighted by atomic mass is 10.1. The summed E-state index contributed by atoms with van der Waals surface area (Å²) in [5, 5.41) is 0. The van der Waals surface area contributed by atoms with Crippen molar-refractivity contribution >= 4 is 35.1 Å². The molecule has 0 amide bonds. The molecule has 0 spiro atoms. The third kappa shape index (κ3) is 13.6. The van der Waals surface area contributed by atoms with E-state index in [0.717, 1.165) is 10.5 Å². The van der Waals surface area contributed by atoms with Crippen LogP contribution >= 0.6 is 25.3 Å². The second-order valence-electron chi connectivity index (χ2n) is 5.85. The van der Waals surface area contributed by atoms with Crippen LogP contribution in [-0.4, -0.2) is 20.4 Å². The van der Waals surface area contributed by atoms with E-state index in [1.165, 1.54) is 16.7 Å². The Bertz CT molecular complexity index is 715. The second-order valence-corrected chi connectivity index (χ2v) is 8.45. The van der Waals surface area contributed by atoms with Crippen LogP contribution in [0.1, 0.15) is 49.4 Å². The molecular weight excluding hydrogens is 416 g/mol. The molecular formula is C24H40O2S3. The van der Waals surface area contributed by atoms with E-state index < -0.39 is 9.84 Å². The van der Waals surface area contributed by atoms with E-state index in [1.807, 2.05) is 39.8 Å². The Morgan fingerprint density at radius 3 is 1.62 bits per heavy atom. The smallest absolute Gasteiger partial charge is 0.178 e. The van der Waals surface area contributed by atoms with Crippen LogP contribution in [0.25, 0.3) is 0 Å². The summed E-state index contributed by atoms with van der Waals surface area (Å²) in [6.07, 6.45) is 2.36. The van der Waals surface area contributed by atoms with Crippen molar-refractivity contribution in [2.24, 2.45) is 0 Å². The first kappa shape index (κ1) is 32.5. The molecule has 0 aliphatic rings. The number of aryl methyl sites for hydroxylation is 4. The molecule has 2 aromatic carbocycles. The van der Waals surface area contributed by atoms with E-state index in [-0.39, 0.29) is 5.75 Å². The van der Waals surface area contributed by atoms with Gasteiger partial charge in [-0.1, -0.05) is 44.5 Å². The first-order valence-corrected chi connectivity index (χ1v) is 12.7. The third-order valence-electron chi connectivity index (χ3n) is 3.67. The molecule has 0 aliphatic heterocycles. The third-order valence-corrected chi connectivity index (χ3v) is 6.08. The predicted molar refractivity (Wildman–Crippen MR) is 139 cm³/mol. The first-order valence-electron chi connectivity index (χ1n) is 9.68. The average molecular weight is 457 g/mol. The van der Waals surface area contributed by atoms with Crippen LogP contribution < -0.4 is 0 Å². The van der Waals surface area contributed by atoms with Gasteiger partial charge >= 0.3 is 0 Å². The van der Waals surface area contributed by atoms with Crippen molar-refractivity contribution in [3.63, 3.8) is 0 Å². The maximum Gasteiger partial charge on any atom is 0.178 e. The van der Waals surface area contributed by atoms with Crippen molar-refractivity contribution in [2.75, 3.05) is 12.0 Å². The molecule has 2 aromatic rings. The largest absolute Gasteiger partial charge is 0.224 e. The van der Waals surface area contributed by atoms with Gasteiger partial charge < -0.3 is 0 Å². The van der Waals surface area contributed by atoms with Crippen molar-refractivity contribution in [1.29, 1.82) is 0 Å². The van der Waals surface area contributed by atoms with E-state index in [2.05, 4.69) is 71.3 Å². The highest BCUT2D eigenvalue weighted by Crippen LogP contribution is 2.17. The maximum atomic E-state index is 11.5. The predicted octanol–water partition coefficient (Wildman–Crippen LogP) is 7.45. The highest BCUT2D eigenvalue weighted by Gasteiger charge is 2.11. The molecule has 0 aromatic heterocycles. The Labute approximate surface area is 191 Å². The van der Waals surface area contributed by atoms with Gasteiger partial charge in [-0.25, -0.2) is 8.42 Å². The van der Waals surface area contributed by atoms with Crippen LogP contribution in [0.15, 0.2) is 59.3 Å². The summed E-state index contributed by atoms with van der Waals surface area (Å²) >= 11 is 7.84. The topological polar surface area (TPSA) is 34.1 Å². The number of hydrogen-bond acceptors (Lipinski definition) is 4.